The molecule has 0 atom stereocenters. The minimum atomic E-state index is -2.01. The van der Waals surface area contributed by atoms with Gasteiger partial charge >= 0.3 is 8.56 Å². The summed E-state index contributed by atoms with van der Waals surface area (Å²) in [5, 5.41) is 0. The average molecular weight is 242 g/mol. The van der Waals surface area contributed by atoms with Gasteiger partial charge in [0.05, 0.1) is 0 Å². The Kier molecular flexibility index (Phi) is 5.11. The molecule has 90 valence electrons. The van der Waals surface area contributed by atoms with E-state index in [4.69, 9.17) is 8.85 Å². The molecule has 0 unspecified atom stereocenters. The van der Waals surface area contributed by atoms with Gasteiger partial charge in [-0.2, -0.15) is 0 Å². The van der Waals surface area contributed by atoms with Crippen LogP contribution in [0.3, 0.4) is 0 Å². The van der Waals surface area contributed by atoms with Crippen molar-refractivity contribution in [2.24, 2.45) is 0 Å². The van der Waals surface area contributed by atoms with Crippen LogP contribution in [0.5, 0.6) is 0 Å². The molecule has 1 aromatic rings. The highest BCUT2D eigenvalue weighted by Crippen LogP contribution is 2.20. The zero-order chi connectivity index (χ0) is 12.0. The molecular weight excluding hydrogens is 223 g/mol. The van der Waals surface area contributed by atoms with Crippen molar-refractivity contribution in [3.8, 4) is 0 Å². The molecule has 0 aliphatic rings. The summed E-state index contributed by atoms with van der Waals surface area (Å²) < 4.78 is 23.8. The van der Waals surface area contributed by atoms with Crippen molar-refractivity contribution in [1.82, 2.24) is 0 Å². The Morgan fingerprint density at radius 3 is 2.12 bits per heavy atom. The Balaban J connectivity index is 2.58. The molecule has 0 bridgehead atoms. The summed E-state index contributed by atoms with van der Waals surface area (Å²) in [4.78, 5) is 0. The second-order valence-electron chi connectivity index (χ2n) is 3.80. The third-order valence-electron chi connectivity index (χ3n) is 2.99. The number of aryl methyl sites for hydroxylation is 1. The normalized spacial score (nSPS) is 11.8. The van der Waals surface area contributed by atoms with Crippen molar-refractivity contribution >= 4 is 8.56 Å². The third kappa shape index (κ3) is 3.40. The second kappa shape index (κ2) is 6.13. The Bertz CT molecular complexity index is 301. The lowest BCUT2D eigenvalue weighted by Crippen LogP contribution is -2.39. The molecule has 0 fully saturated rings. The molecule has 0 aliphatic carbocycles. The number of hydrogen-bond donors (Lipinski definition) is 0. The molecule has 0 heterocycles. The maximum atomic E-state index is 12.7. The molecule has 1 aromatic carbocycles. The average Bonchev–Trinajstić information content (AvgIpc) is 2.34. The largest absolute Gasteiger partial charge is 0.398 e. The lowest BCUT2D eigenvalue weighted by Gasteiger charge is -2.25. The fraction of sp³-hybridized carbons (Fsp3) is 0.500. The van der Waals surface area contributed by atoms with Gasteiger partial charge in [-0.25, -0.2) is 4.39 Å². The molecule has 0 amide bonds. The summed E-state index contributed by atoms with van der Waals surface area (Å²) >= 11 is 0. The Morgan fingerprint density at radius 1 is 1.12 bits per heavy atom. The van der Waals surface area contributed by atoms with Crippen LogP contribution in [0.1, 0.15) is 12.5 Å². The first kappa shape index (κ1) is 13.4. The van der Waals surface area contributed by atoms with Crippen LogP contribution in [0.25, 0.3) is 0 Å². The summed E-state index contributed by atoms with van der Waals surface area (Å²) in [6, 6.07) is 8.45. The van der Waals surface area contributed by atoms with Crippen LogP contribution < -0.4 is 0 Å². The van der Waals surface area contributed by atoms with Gasteiger partial charge in [0.1, 0.15) is 5.82 Å². The van der Waals surface area contributed by atoms with E-state index in [0.717, 1.165) is 24.1 Å². The third-order valence-corrected chi connectivity index (χ3v) is 6.57. The smallest absolute Gasteiger partial charge is 0.337 e. The Morgan fingerprint density at radius 2 is 1.69 bits per heavy atom. The van der Waals surface area contributed by atoms with E-state index >= 15 is 0 Å². The van der Waals surface area contributed by atoms with Gasteiger partial charge in [-0.1, -0.05) is 19.1 Å². The summed E-state index contributed by atoms with van der Waals surface area (Å²) in [6.07, 6.45) is 0.877. The summed E-state index contributed by atoms with van der Waals surface area (Å²) in [6.45, 7) is 2.09. The predicted molar refractivity (Wildman–Crippen MR) is 65.2 cm³/mol. The van der Waals surface area contributed by atoms with Gasteiger partial charge in [0, 0.05) is 14.2 Å². The van der Waals surface area contributed by atoms with Crippen LogP contribution in [-0.2, 0) is 15.3 Å². The van der Waals surface area contributed by atoms with E-state index < -0.39 is 8.56 Å². The highest BCUT2D eigenvalue weighted by atomic mass is 28.4. The molecule has 0 aromatic heterocycles. The van der Waals surface area contributed by atoms with Crippen LogP contribution in [0, 0.1) is 5.82 Å². The first-order chi connectivity index (χ1) is 7.65. The van der Waals surface area contributed by atoms with Crippen molar-refractivity contribution in [2.75, 3.05) is 14.2 Å². The van der Waals surface area contributed by atoms with Crippen molar-refractivity contribution < 1.29 is 13.2 Å². The fourth-order valence-electron chi connectivity index (χ4n) is 1.74. The van der Waals surface area contributed by atoms with Gasteiger partial charge in [0.2, 0.25) is 0 Å². The van der Waals surface area contributed by atoms with Crippen molar-refractivity contribution in [3.05, 3.63) is 35.6 Å². The van der Waals surface area contributed by atoms with E-state index in [1.807, 2.05) is 12.1 Å². The van der Waals surface area contributed by atoms with Crippen LogP contribution in [0.2, 0.25) is 12.1 Å². The van der Waals surface area contributed by atoms with Gasteiger partial charge in [-0.3, -0.25) is 0 Å². The van der Waals surface area contributed by atoms with Crippen molar-refractivity contribution in [2.45, 2.75) is 25.4 Å². The first-order valence-electron chi connectivity index (χ1n) is 5.50. The summed E-state index contributed by atoms with van der Waals surface area (Å²) in [5.41, 5.74) is 1.13. The van der Waals surface area contributed by atoms with Crippen LogP contribution in [0.4, 0.5) is 4.39 Å². The van der Waals surface area contributed by atoms with E-state index in [1.165, 1.54) is 12.1 Å². The molecule has 16 heavy (non-hydrogen) atoms. The maximum absolute atomic E-state index is 12.7. The highest BCUT2D eigenvalue weighted by molar-refractivity contribution is 6.67. The Hall–Kier alpha value is -0.713. The lowest BCUT2D eigenvalue weighted by molar-refractivity contribution is 0.243. The number of hydrogen-bond acceptors (Lipinski definition) is 2. The van der Waals surface area contributed by atoms with E-state index in [9.17, 15) is 4.39 Å². The molecule has 0 N–H and O–H groups in total. The summed E-state index contributed by atoms with van der Waals surface area (Å²) in [7, 11) is 1.42. The number of rotatable bonds is 6. The standard InChI is InChI=1S/C12H19FO2Si/c1-4-16(14-2,15-3)10-9-11-5-7-12(13)8-6-11/h5-8H,4,9-10H2,1-3H3. The Labute approximate surface area is 97.6 Å². The molecule has 0 aliphatic heterocycles. The molecule has 0 saturated carbocycles. The van der Waals surface area contributed by atoms with Crippen LogP contribution in [0.15, 0.2) is 24.3 Å². The summed E-state index contributed by atoms with van der Waals surface area (Å²) in [5.74, 6) is -0.193. The van der Waals surface area contributed by atoms with Gasteiger partial charge in [0.25, 0.3) is 0 Å². The van der Waals surface area contributed by atoms with Crippen molar-refractivity contribution in [1.29, 1.82) is 0 Å². The number of benzene rings is 1. The van der Waals surface area contributed by atoms with E-state index in [0.29, 0.717) is 0 Å². The van der Waals surface area contributed by atoms with Gasteiger partial charge in [0.15, 0.2) is 0 Å². The topological polar surface area (TPSA) is 18.5 Å². The van der Waals surface area contributed by atoms with Gasteiger partial charge in [-0.05, 0) is 36.2 Å². The fourth-order valence-corrected chi connectivity index (χ4v) is 3.91. The van der Waals surface area contributed by atoms with E-state index in [-0.39, 0.29) is 5.82 Å². The molecule has 2 nitrogen and oxygen atoms in total. The van der Waals surface area contributed by atoms with Crippen molar-refractivity contribution in [3.63, 3.8) is 0 Å². The van der Waals surface area contributed by atoms with E-state index in [1.54, 1.807) is 14.2 Å². The SMILES string of the molecule is CC[Si](CCc1ccc(F)cc1)(OC)OC. The minimum Gasteiger partial charge on any atom is -0.398 e. The molecule has 0 spiro atoms. The monoisotopic (exact) mass is 242 g/mol. The first-order valence-corrected chi connectivity index (χ1v) is 7.73. The zero-order valence-electron chi connectivity index (χ0n) is 10.1. The van der Waals surface area contributed by atoms with E-state index in [2.05, 4.69) is 6.92 Å². The molecule has 0 radical (unpaired) electrons. The van der Waals surface area contributed by atoms with Crippen LogP contribution >= 0.6 is 0 Å². The van der Waals surface area contributed by atoms with Gasteiger partial charge < -0.3 is 8.85 Å². The quantitative estimate of drug-likeness (QED) is 0.714. The molecule has 4 heteroatoms. The maximum Gasteiger partial charge on any atom is 0.337 e. The zero-order valence-corrected chi connectivity index (χ0v) is 11.1. The number of halogens is 1. The molecule has 0 saturated heterocycles. The minimum absolute atomic E-state index is 0.193. The molecule has 1 rings (SSSR count). The predicted octanol–water partition coefficient (Wildman–Crippen LogP) is 3.12. The second-order valence-corrected chi connectivity index (χ2v) is 7.64. The van der Waals surface area contributed by atoms with Gasteiger partial charge in [-0.15, -0.1) is 0 Å². The van der Waals surface area contributed by atoms with Crippen LogP contribution in [-0.4, -0.2) is 22.8 Å². The highest BCUT2D eigenvalue weighted by Gasteiger charge is 2.32. The molecular formula is C12H19FO2Si. The lowest BCUT2D eigenvalue weighted by atomic mass is 10.2.